The highest BCUT2D eigenvalue weighted by atomic mass is 79.9. The number of carbonyl (C=O) groups is 2. The molecule has 0 unspecified atom stereocenters. The minimum atomic E-state index is -0.450. The Labute approximate surface area is 141 Å². The molecular formula is C15H14BrClN2O3. The first-order valence-corrected chi connectivity index (χ1v) is 7.71. The Hall–Kier alpha value is -1.79. The average Bonchev–Trinajstić information content (AvgIpc) is 2.87. The fourth-order valence-electron chi connectivity index (χ4n) is 1.73. The van der Waals surface area contributed by atoms with Gasteiger partial charge in [-0.15, -0.1) is 0 Å². The maximum atomic E-state index is 12.1. The van der Waals surface area contributed by atoms with Crippen LogP contribution in [0.2, 0.25) is 5.02 Å². The van der Waals surface area contributed by atoms with Crippen molar-refractivity contribution in [3.63, 3.8) is 0 Å². The summed E-state index contributed by atoms with van der Waals surface area (Å²) in [7, 11) is 0. The van der Waals surface area contributed by atoms with Crippen LogP contribution in [0.25, 0.3) is 0 Å². The summed E-state index contributed by atoms with van der Waals surface area (Å²) in [6.07, 6.45) is 0. The van der Waals surface area contributed by atoms with Crippen molar-refractivity contribution in [2.75, 3.05) is 5.32 Å². The van der Waals surface area contributed by atoms with Crippen LogP contribution in [0.4, 0.5) is 5.69 Å². The predicted octanol–water partition coefficient (Wildman–Crippen LogP) is 4.09. The van der Waals surface area contributed by atoms with E-state index >= 15 is 0 Å². The van der Waals surface area contributed by atoms with Crippen LogP contribution in [0.15, 0.2) is 39.4 Å². The second-order valence-electron chi connectivity index (χ2n) is 4.88. The first-order chi connectivity index (χ1) is 10.4. The summed E-state index contributed by atoms with van der Waals surface area (Å²) in [6, 6.07) is 7.84. The van der Waals surface area contributed by atoms with Gasteiger partial charge in [0.2, 0.25) is 0 Å². The third kappa shape index (κ3) is 4.11. The molecule has 0 spiro atoms. The van der Waals surface area contributed by atoms with Gasteiger partial charge in [-0.1, -0.05) is 11.6 Å². The quantitative estimate of drug-likeness (QED) is 0.833. The van der Waals surface area contributed by atoms with Crippen molar-refractivity contribution in [2.24, 2.45) is 0 Å². The number of furan rings is 1. The zero-order chi connectivity index (χ0) is 16.3. The molecule has 2 rings (SSSR count). The van der Waals surface area contributed by atoms with Gasteiger partial charge in [0.05, 0.1) is 10.7 Å². The SMILES string of the molecule is CC(C)NC(=O)c1ccc(Cl)c(NC(=O)c2ccc(Br)o2)c1. The molecule has 0 fully saturated rings. The van der Waals surface area contributed by atoms with Crippen molar-refractivity contribution in [1.29, 1.82) is 0 Å². The summed E-state index contributed by atoms with van der Waals surface area (Å²) in [5, 5.41) is 5.73. The van der Waals surface area contributed by atoms with E-state index in [4.69, 9.17) is 16.0 Å². The maximum absolute atomic E-state index is 12.1. The van der Waals surface area contributed by atoms with Gasteiger partial charge >= 0.3 is 0 Å². The molecule has 0 aliphatic carbocycles. The van der Waals surface area contributed by atoms with Crippen LogP contribution < -0.4 is 10.6 Å². The summed E-state index contributed by atoms with van der Waals surface area (Å²) in [5.41, 5.74) is 0.754. The van der Waals surface area contributed by atoms with E-state index in [0.29, 0.717) is 20.9 Å². The van der Waals surface area contributed by atoms with Crippen molar-refractivity contribution < 1.29 is 14.0 Å². The number of anilines is 1. The minimum absolute atomic E-state index is 0.0155. The number of rotatable bonds is 4. The number of nitrogens with one attached hydrogen (secondary N) is 2. The molecule has 1 aromatic carbocycles. The Morgan fingerprint density at radius 3 is 2.50 bits per heavy atom. The molecule has 0 bridgehead atoms. The van der Waals surface area contributed by atoms with Crippen LogP contribution in [-0.4, -0.2) is 17.9 Å². The van der Waals surface area contributed by atoms with E-state index in [0.717, 1.165) is 0 Å². The number of hydrogen-bond donors (Lipinski definition) is 2. The lowest BCUT2D eigenvalue weighted by molar-refractivity contribution is 0.0941. The van der Waals surface area contributed by atoms with E-state index in [1.807, 2.05) is 13.8 Å². The van der Waals surface area contributed by atoms with Gasteiger partial charge in [-0.25, -0.2) is 0 Å². The second-order valence-corrected chi connectivity index (χ2v) is 6.07. The summed E-state index contributed by atoms with van der Waals surface area (Å²) in [5.74, 6) is -0.545. The molecule has 1 aromatic heterocycles. The zero-order valence-corrected chi connectivity index (χ0v) is 14.3. The maximum Gasteiger partial charge on any atom is 0.291 e. The van der Waals surface area contributed by atoms with Gasteiger partial charge in [0.15, 0.2) is 10.4 Å². The van der Waals surface area contributed by atoms with Crippen LogP contribution in [0.1, 0.15) is 34.8 Å². The fourth-order valence-corrected chi connectivity index (χ4v) is 2.20. The lowest BCUT2D eigenvalue weighted by Crippen LogP contribution is -2.30. The highest BCUT2D eigenvalue weighted by Gasteiger charge is 2.15. The Morgan fingerprint density at radius 2 is 1.91 bits per heavy atom. The van der Waals surface area contributed by atoms with Crippen molar-refractivity contribution in [3.05, 3.63) is 51.3 Å². The Balaban J connectivity index is 2.20. The van der Waals surface area contributed by atoms with Crippen molar-refractivity contribution in [3.8, 4) is 0 Å². The van der Waals surface area contributed by atoms with E-state index in [1.165, 1.54) is 12.1 Å². The molecule has 2 N–H and O–H groups in total. The second kappa shape index (κ2) is 6.98. The zero-order valence-electron chi connectivity index (χ0n) is 11.9. The normalized spacial score (nSPS) is 10.6. The number of carbonyl (C=O) groups excluding carboxylic acids is 2. The van der Waals surface area contributed by atoms with Crippen LogP contribution in [0, 0.1) is 0 Å². The van der Waals surface area contributed by atoms with Gasteiger partial charge in [-0.2, -0.15) is 0 Å². The van der Waals surface area contributed by atoms with Gasteiger partial charge in [0, 0.05) is 11.6 Å². The van der Waals surface area contributed by atoms with Crippen LogP contribution in [-0.2, 0) is 0 Å². The standard InChI is InChI=1S/C15H14BrClN2O3/c1-8(2)18-14(20)9-3-4-10(17)11(7-9)19-15(21)12-5-6-13(16)22-12/h3-8H,1-2H3,(H,18,20)(H,19,21). The lowest BCUT2D eigenvalue weighted by atomic mass is 10.1. The van der Waals surface area contributed by atoms with E-state index in [2.05, 4.69) is 26.6 Å². The first kappa shape index (κ1) is 16.6. The van der Waals surface area contributed by atoms with Crippen LogP contribution in [0.5, 0.6) is 0 Å². The number of benzene rings is 1. The molecule has 0 radical (unpaired) electrons. The van der Waals surface area contributed by atoms with Gasteiger partial charge in [-0.3, -0.25) is 9.59 Å². The minimum Gasteiger partial charge on any atom is -0.444 e. The molecule has 116 valence electrons. The van der Waals surface area contributed by atoms with Crippen molar-refractivity contribution in [2.45, 2.75) is 19.9 Å². The predicted molar refractivity (Wildman–Crippen MR) is 88.4 cm³/mol. The van der Waals surface area contributed by atoms with Gasteiger partial charge in [0.1, 0.15) is 0 Å². The summed E-state index contributed by atoms with van der Waals surface area (Å²) >= 11 is 9.19. The van der Waals surface area contributed by atoms with Gasteiger partial charge in [-0.05, 0) is 60.1 Å². The number of hydrogen-bond acceptors (Lipinski definition) is 3. The highest BCUT2D eigenvalue weighted by Crippen LogP contribution is 2.24. The van der Waals surface area contributed by atoms with Gasteiger partial charge < -0.3 is 15.1 Å². The monoisotopic (exact) mass is 384 g/mol. The first-order valence-electron chi connectivity index (χ1n) is 6.54. The molecule has 22 heavy (non-hydrogen) atoms. The van der Waals surface area contributed by atoms with E-state index < -0.39 is 5.91 Å². The molecule has 5 nitrogen and oxygen atoms in total. The third-order valence-electron chi connectivity index (χ3n) is 2.69. The van der Waals surface area contributed by atoms with Crippen molar-refractivity contribution >= 4 is 45.0 Å². The van der Waals surface area contributed by atoms with E-state index in [-0.39, 0.29) is 17.7 Å². The molecule has 0 atom stereocenters. The molecule has 1 heterocycles. The molecule has 7 heteroatoms. The Bertz CT molecular complexity index is 713. The molecule has 0 saturated heterocycles. The molecule has 2 amide bonds. The summed E-state index contributed by atoms with van der Waals surface area (Å²) < 4.78 is 5.62. The number of amides is 2. The molecule has 0 aliphatic rings. The largest absolute Gasteiger partial charge is 0.444 e. The Morgan fingerprint density at radius 1 is 1.18 bits per heavy atom. The van der Waals surface area contributed by atoms with Crippen LogP contribution in [0.3, 0.4) is 0 Å². The highest BCUT2D eigenvalue weighted by molar-refractivity contribution is 9.10. The summed E-state index contributed by atoms with van der Waals surface area (Å²) in [4.78, 5) is 24.0. The third-order valence-corrected chi connectivity index (χ3v) is 3.45. The Kier molecular flexibility index (Phi) is 5.26. The van der Waals surface area contributed by atoms with E-state index in [9.17, 15) is 9.59 Å². The smallest absolute Gasteiger partial charge is 0.291 e. The van der Waals surface area contributed by atoms with Gasteiger partial charge in [0.25, 0.3) is 11.8 Å². The summed E-state index contributed by atoms with van der Waals surface area (Å²) in [6.45, 7) is 3.73. The molecule has 0 saturated carbocycles. The lowest BCUT2D eigenvalue weighted by Gasteiger charge is -2.11. The van der Waals surface area contributed by atoms with Crippen LogP contribution >= 0.6 is 27.5 Å². The number of halogens is 2. The molecule has 2 aromatic rings. The topological polar surface area (TPSA) is 71.3 Å². The van der Waals surface area contributed by atoms with E-state index in [1.54, 1.807) is 18.2 Å². The average molecular weight is 386 g/mol. The fraction of sp³-hybridized carbons (Fsp3) is 0.200. The molecule has 0 aliphatic heterocycles. The molecular weight excluding hydrogens is 372 g/mol. The van der Waals surface area contributed by atoms with Crippen molar-refractivity contribution in [1.82, 2.24) is 5.32 Å².